The molecular weight excluding hydrogens is 229 g/mol. The minimum atomic E-state index is -4.65. The summed E-state index contributed by atoms with van der Waals surface area (Å²) in [4.78, 5) is 1.63. The molecule has 1 rings (SSSR count). The summed E-state index contributed by atoms with van der Waals surface area (Å²) in [6, 6.07) is 0.178. The Morgan fingerprint density at radius 1 is 1.27 bits per heavy atom. The van der Waals surface area contributed by atoms with E-state index in [0.717, 1.165) is 32.1 Å². The Bertz CT molecular complexity index is 175. The quantitative estimate of drug-likeness (QED) is 0.634. The summed E-state index contributed by atoms with van der Waals surface area (Å²) in [6.07, 6.45) is 4.18. The van der Waals surface area contributed by atoms with Gasteiger partial charge in [-0.3, -0.25) is 0 Å². The normalized spacial score (nSPS) is 23.6. The zero-order valence-corrected chi connectivity index (χ0v) is 12.8. The van der Waals surface area contributed by atoms with Crippen LogP contribution in [0.25, 0.3) is 0 Å². The second-order valence-electron chi connectivity index (χ2n) is 4.14. The molecule has 0 radical (unpaired) electrons. The van der Waals surface area contributed by atoms with E-state index < -0.39 is 13.4 Å². The molecule has 1 unspecified atom stereocenters. The van der Waals surface area contributed by atoms with E-state index in [-0.39, 0.29) is 57.4 Å². The molecule has 84 valence electrons. The van der Waals surface area contributed by atoms with Crippen LogP contribution in [-0.2, 0) is 0 Å². The summed E-state index contributed by atoms with van der Waals surface area (Å²) >= 11 is 0. The summed E-state index contributed by atoms with van der Waals surface area (Å²) in [5.41, 5.74) is 0. The van der Waals surface area contributed by atoms with Crippen molar-refractivity contribution in [1.82, 2.24) is 4.90 Å². The summed E-state index contributed by atoms with van der Waals surface area (Å²) in [5.74, 6) is 0. The molecule has 0 spiro atoms. The van der Waals surface area contributed by atoms with E-state index >= 15 is 0 Å². The number of likely N-dealkylation sites (tertiary alicyclic amines) is 1. The molecule has 0 aromatic rings. The van der Waals surface area contributed by atoms with Gasteiger partial charge in [0.1, 0.15) is 0 Å². The molecule has 0 amide bonds. The topological polar surface area (TPSA) is 3.24 Å². The van der Waals surface area contributed by atoms with Crippen LogP contribution in [0.2, 0.25) is 0 Å². The Labute approximate surface area is 133 Å². The minimum Gasteiger partial charge on any atom is -0.448 e. The van der Waals surface area contributed by atoms with Crippen LogP contribution in [0.5, 0.6) is 0 Å². The van der Waals surface area contributed by atoms with Crippen LogP contribution < -0.4 is 51.4 Å². The third kappa shape index (κ3) is 6.68. The number of hydrogen-bond donors (Lipinski definition) is 0. The second-order valence-corrected chi connectivity index (χ2v) is 4.14. The van der Waals surface area contributed by atoms with Gasteiger partial charge in [0.2, 0.25) is 0 Å². The molecule has 1 heterocycles. The van der Waals surface area contributed by atoms with E-state index in [9.17, 15) is 12.9 Å². The zero-order chi connectivity index (χ0) is 10.6. The van der Waals surface area contributed by atoms with Gasteiger partial charge in [-0.15, -0.1) is 0 Å². The van der Waals surface area contributed by atoms with Gasteiger partial charge >= 0.3 is 58.4 Å². The van der Waals surface area contributed by atoms with Crippen molar-refractivity contribution in [3.63, 3.8) is 0 Å². The van der Waals surface area contributed by atoms with E-state index in [2.05, 4.69) is 0 Å². The molecule has 15 heavy (non-hydrogen) atoms. The number of hydrogen-bond acceptors (Lipinski definition) is 1. The van der Waals surface area contributed by atoms with Gasteiger partial charge in [0, 0.05) is 6.04 Å². The van der Waals surface area contributed by atoms with Crippen molar-refractivity contribution in [1.29, 1.82) is 0 Å². The maximum atomic E-state index is 12.3. The van der Waals surface area contributed by atoms with Crippen LogP contribution in [0.3, 0.4) is 0 Å². The first-order chi connectivity index (χ1) is 6.53. The molecule has 1 atom stereocenters. The largest absolute Gasteiger partial charge is 1.00 e. The molecule has 1 saturated heterocycles. The van der Waals surface area contributed by atoms with E-state index in [1.807, 2.05) is 6.92 Å². The molecule has 0 aliphatic carbocycles. The van der Waals surface area contributed by atoms with E-state index in [4.69, 9.17) is 0 Å². The minimum absolute atomic E-state index is 0. The van der Waals surface area contributed by atoms with E-state index in [0.29, 0.717) is 6.54 Å². The number of halogens is 3. The predicted octanol–water partition coefficient (Wildman–Crippen LogP) is 0.0316. The third-order valence-corrected chi connectivity index (χ3v) is 2.81. The van der Waals surface area contributed by atoms with Crippen molar-refractivity contribution >= 4 is 6.98 Å². The summed E-state index contributed by atoms with van der Waals surface area (Å²) in [7, 11) is 0. The molecule has 0 N–H and O–H groups in total. The van der Waals surface area contributed by atoms with Gasteiger partial charge in [0.15, 0.2) is 0 Å². The average Bonchev–Trinajstić information content (AvgIpc) is 2.06. The van der Waals surface area contributed by atoms with Crippen molar-refractivity contribution in [2.24, 2.45) is 0 Å². The van der Waals surface area contributed by atoms with Gasteiger partial charge < -0.3 is 17.8 Å². The smallest absolute Gasteiger partial charge is 0.448 e. The van der Waals surface area contributed by atoms with Crippen LogP contribution in [0.1, 0.15) is 39.0 Å². The fourth-order valence-electron chi connectivity index (χ4n) is 2.23. The van der Waals surface area contributed by atoms with Gasteiger partial charge in [-0.2, -0.15) is 0 Å². The number of piperidine rings is 1. The third-order valence-electron chi connectivity index (χ3n) is 2.81. The predicted molar refractivity (Wildman–Crippen MR) is 53.2 cm³/mol. The van der Waals surface area contributed by atoms with Crippen LogP contribution in [-0.4, -0.2) is 30.9 Å². The first kappa shape index (κ1) is 16.5. The Morgan fingerprint density at radius 2 is 1.93 bits per heavy atom. The van der Waals surface area contributed by atoms with E-state index in [1.165, 1.54) is 0 Å². The first-order valence-electron chi connectivity index (χ1n) is 5.48. The molecule has 1 aliphatic heterocycles. The van der Waals surface area contributed by atoms with Crippen LogP contribution in [0.4, 0.5) is 12.9 Å². The molecule has 1 aliphatic rings. The van der Waals surface area contributed by atoms with Crippen molar-refractivity contribution in [3.05, 3.63) is 0 Å². The van der Waals surface area contributed by atoms with Gasteiger partial charge in [-0.25, -0.2) is 0 Å². The van der Waals surface area contributed by atoms with Gasteiger partial charge in [-0.05, 0) is 32.3 Å². The van der Waals surface area contributed by atoms with Crippen molar-refractivity contribution in [3.8, 4) is 0 Å². The summed E-state index contributed by atoms with van der Waals surface area (Å²) in [5, 5.41) is 0. The average molecular weight is 247 g/mol. The second kappa shape index (κ2) is 7.72. The monoisotopic (exact) mass is 247 g/mol. The number of nitrogens with zero attached hydrogens (tertiary/aromatic N) is 1. The fourth-order valence-corrected chi connectivity index (χ4v) is 2.23. The van der Waals surface area contributed by atoms with Crippen LogP contribution in [0, 0.1) is 0 Å². The SMILES string of the molecule is CCCC1CCCCN1C[B-](F)(F)F.[K+]. The van der Waals surface area contributed by atoms with Crippen molar-refractivity contribution in [2.75, 3.05) is 13.0 Å². The Morgan fingerprint density at radius 3 is 2.47 bits per heavy atom. The first-order valence-corrected chi connectivity index (χ1v) is 5.48. The molecule has 0 aromatic heterocycles. The fraction of sp³-hybridized carbons (Fsp3) is 1.00. The van der Waals surface area contributed by atoms with Gasteiger partial charge in [-0.1, -0.05) is 19.8 Å². The molecule has 0 saturated carbocycles. The van der Waals surface area contributed by atoms with Gasteiger partial charge in [0.25, 0.3) is 0 Å². The summed E-state index contributed by atoms with van der Waals surface area (Å²) in [6.45, 7) is -1.98. The molecule has 1 nitrogen and oxygen atoms in total. The van der Waals surface area contributed by atoms with Crippen LogP contribution >= 0.6 is 0 Å². The van der Waals surface area contributed by atoms with Crippen molar-refractivity contribution in [2.45, 2.75) is 45.1 Å². The number of rotatable bonds is 4. The standard InChI is InChI=1S/C9H18BF3N.K/c1-2-5-9-6-3-4-7-14(9)8-10(11,12)13;/h9H,2-8H2,1H3;/q-1;+1. The van der Waals surface area contributed by atoms with Crippen molar-refractivity contribution < 1.29 is 64.3 Å². The maximum Gasteiger partial charge on any atom is 1.00 e. The zero-order valence-electron chi connectivity index (χ0n) is 9.69. The molecule has 6 heteroatoms. The molecule has 1 fully saturated rings. The van der Waals surface area contributed by atoms with E-state index in [1.54, 1.807) is 4.90 Å². The molecular formula is C9H18BF3KN. The Hall–Kier alpha value is 1.45. The van der Waals surface area contributed by atoms with Gasteiger partial charge in [0.05, 0.1) is 0 Å². The Kier molecular flexibility index (Phi) is 8.46. The van der Waals surface area contributed by atoms with Crippen LogP contribution in [0.15, 0.2) is 0 Å². The molecule has 0 bridgehead atoms. The summed E-state index contributed by atoms with van der Waals surface area (Å²) < 4.78 is 36.8. The Balaban J connectivity index is 0.00000196. The maximum absolute atomic E-state index is 12.3. The molecule has 0 aromatic carbocycles.